The molecule has 1 aliphatic rings. The Bertz CT molecular complexity index is 1220. The van der Waals surface area contributed by atoms with Crippen molar-refractivity contribution < 1.29 is 18.4 Å². The Morgan fingerprint density at radius 3 is 2.71 bits per heavy atom. The molecule has 2 aromatic carbocycles. The number of hydrogen-bond acceptors (Lipinski definition) is 5. The second-order valence-corrected chi connectivity index (χ2v) is 7.42. The molecule has 0 aliphatic carbocycles. The average Bonchev–Trinajstić information content (AvgIpc) is 2.93. The molecule has 1 aliphatic heterocycles. The van der Waals surface area contributed by atoms with Gasteiger partial charge in [0.15, 0.2) is 5.43 Å². The van der Waals surface area contributed by atoms with Crippen LogP contribution in [0.4, 0.5) is 9.18 Å². The van der Waals surface area contributed by atoms with Crippen LogP contribution >= 0.6 is 23.4 Å². The maximum Gasteiger partial charge on any atom is 0.293 e. The summed E-state index contributed by atoms with van der Waals surface area (Å²) in [7, 11) is 0. The number of hydrogen-bond donors (Lipinski definition) is 0. The van der Waals surface area contributed by atoms with Crippen molar-refractivity contribution in [1.29, 1.82) is 0 Å². The van der Waals surface area contributed by atoms with Crippen LogP contribution in [0.15, 0.2) is 62.8 Å². The topological polar surface area (TPSA) is 67.6 Å². The van der Waals surface area contributed by atoms with Crippen LogP contribution in [0.3, 0.4) is 0 Å². The molecule has 0 atom stereocenters. The van der Waals surface area contributed by atoms with Gasteiger partial charge in [0.1, 0.15) is 17.7 Å². The van der Waals surface area contributed by atoms with Crippen LogP contribution in [-0.4, -0.2) is 16.0 Å². The Morgan fingerprint density at radius 1 is 1.14 bits per heavy atom. The first-order valence-corrected chi connectivity index (χ1v) is 9.33. The van der Waals surface area contributed by atoms with E-state index in [1.165, 1.54) is 24.5 Å². The summed E-state index contributed by atoms with van der Waals surface area (Å²) in [4.78, 5) is 38.6. The zero-order valence-corrected chi connectivity index (χ0v) is 15.7. The smallest absolute Gasteiger partial charge is 0.293 e. The average molecular weight is 416 g/mol. The lowest BCUT2D eigenvalue weighted by molar-refractivity contribution is -0.123. The zero-order chi connectivity index (χ0) is 19.8. The van der Waals surface area contributed by atoms with E-state index in [1.54, 1.807) is 24.3 Å². The molecule has 0 radical (unpaired) electrons. The van der Waals surface area contributed by atoms with E-state index in [9.17, 15) is 18.8 Å². The Labute approximate surface area is 167 Å². The summed E-state index contributed by atoms with van der Waals surface area (Å²) in [6.45, 7) is -0.0898. The molecule has 140 valence electrons. The molecule has 1 aromatic heterocycles. The third-order valence-corrected chi connectivity index (χ3v) is 5.47. The predicted octanol–water partition coefficient (Wildman–Crippen LogP) is 4.82. The fraction of sp³-hybridized carbons (Fsp3) is 0.0500. The Hall–Kier alpha value is -2.90. The maximum absolute atomic E-state index is 13.2. The number of halogens is 2. The minimum Gasteiger partial charge on any atom is -0.463 e. The molecule has 0 bridgehead atoms. The molecule has 0 saturated carbocycles. The quantitative estimate of drug-likeness (QED) is 0.573. The molecule has 2 amide bonds. The highest BCUT2D eigenvalue weighted by Crippen LogP contribution is 2.34. The first-order valence-electron chi connectivity index (χ1n) is 8.14. The zero-order valence-electron chi connectivity index (χ0n) is 14.1. The van der Waals surface area contributed by atoms with E-state index in [0.29, 0.717) is 16.5 Å². The third kappa shape index (κ3) is 3.34. The number of amides is 2. The summed E-state index contributed by atoms with van der Waals surface area (Å²) < 4.78 is 18.6. The second-order valence-electron chi connectivity index (χ2n) is 6.02. The highest BCUT2D eigenvalue weighted by molar-refractivity contribution is 8.18. The fourth-order valence-corrected chi connectivity index (χ4v) is 3.85. The lowest BCUT2D eigenvalue weighted by Gasteiger charge is -2.13. The highest BCUT2D eigenvalue weighted by Gasteiger charge is 2.35. The Morgan fingerprint density at radius 2 is 1.93 bits per heavy atom. The van der Waals surface area contributed by atoms with Crippen molar-refractivity contribution in [3.63, 3.8) is 0 Å². The van der Waals surface area contributed by atoms with Crippen molar-refractivity contribution in [3.8, 4) is 0 Å². The van der Waals surface area contributed by atoms with Crippen LogP contribution in [-0.2, 0) is 11.3 Å². The molecular formula is C20H11ClFNO4S. The molecular weight excluding hydrogens is 405 g/mol. The minimum atomic E-state index is -0.553. The number of imide groups is 1. The van der Waals surface area contributed by atoms with E-state index in [0.717, 1.165) is 22.7 Å². The lowest BCUT2D eigenvalue weighted by atomic mass is 10.1. The molecule has 0 unspecified atom stereocenters. The number of thioether (sulfide) groups is 1. The first-order chi connectivity index (χ1) is 13.4. The van der Waals surface area contributed by atoms with Crippen LogP contribution in [0, 0.1) is 5.82 Å². The molecule has 0 N–H and O–H groups in total. The molecule has 1 fully saturated rings. The van der Waals surface area contributed by atoms with Gasteiger partial charge in [-0.1, -0.05) is 29.8 Å². The van der Waals surface area contributed by atoms with Crippen LogP contribution in [0.1, 0.15) is 11.1 Å². The molecule has 2 heterocycles. The van der Waals surface area contributed by atoms with Gasteiger partial charge in [-0.05, 0) is 47.7 Å². The van der Waals surface area contributed by atoms with Gasteiger partial charge in [0, 0.05) is 5.02 Å². The van der Waals surface area contributed by atoms with Crippen LogP contribution < -0.4 is 5.43 Å². The van der Waals surface area contributed by atoms with E-state index in [2.05, 4.69) is 0 Å². The standard InChI is InChI=1S/C20H11ClFNO4S/c21-15-8-13(22)6-5-11(15)9-23-19(25)17(28-20(23)26)7-12-10-27-16-4-2-1-3-14(16)18(12)24/h1-8,10H,9H2. The number of benzene rings is 2. The molecule has 28 heavy (non-hydrogen) atoms. The molecule has 5 nitrogen and oxygen atoms in total. The summed E-state index contributed by atoms with van der Waals surface area (Å²) in [5.74, 6) is -1.06. The van der Waals surface area contributed by atoms with Gasteiger partial charge in [-0.2, -0.15) is 0 Å². The van der Waals surface area contributed by atoms with Gasteiger partial charge in [0.05, 0.1) is 22.4 Å². The summed E-state index contributed by atoms with van der Waals surface area (Å²) >= 11 is 6.70. The van der Waals surface area contributed by atoms with E-state index >= 15 is 0 Å². The van der Waals surface area contributed by atoms with E-state index in [-0.39, 0.29) is 27.5 Å². The maximum atomic E-state index is 13.2. The monoisotopic (exact) mass is 415 g/mol. The highest BCUT2D eigenvalue weighted by atomic mass is 35.5. The number of carbonyl (C=O) groups excluding carboxylic acids is 2. The SMILES string of the molecule is O=C1SC(=Cc2coc3ccccc3c2=O)C(=O)N1Cc1ccc(F)cc1Cl. The van der Waals surface area contributed by atoms with E-state index in [4.69, 9.17) is 16.0 Å². The Balaban J connectivity index is 1.65. The Kier molecular flexibility index (Phi) is 4.78. The van der Waals surface area contributed by atoms with Crippen molar-refractivity contribution in [2.24, 2.45) is 0 Å². The largest absolute Gasteiger partial charge is 0.463 e. The molecule has 3 aromatic rings. The lowest BCUT2D eigenvalue weighted by Crippen LogP contribution is -2.27. The first kappa shape index (κ1) is 18.5. The third-order valence-electron chi connectivity index (χ3n) is 4.21. The summed E-state index contributed by atoms with van der Waals surface area (Å²) in [6.07, 6.45) is 2.60. The van der Waals surface area contributed by atoms with E-state index in [1.807, 2.05) is 0 Å². The van der Waals surface area contributed by atoms with Crippen LogP contribution in [0.5, 0.6) is 0 Å². The van der Waals surface area contributed by atoms with Crippen LogP contribution in [0.25, 0.3) is 17.0 Å². The van der Waals surface area contributed by atoms with Gasteiger partial charge in [-0.15, -0.1) is 0 Å². The molecule has 1 saturated heterocycles. The molecule has 4 rings (SSSR count). The van der Waals surface area contributed by atoms with E-state index < -0.39 is 17.0 Å². The number of para-hydroxylation sites is 1. The second kappa shape index (κ2) is 7.26. The van der Waals surface area contributed by atoms with Crippen LogP contribution in [0.2, 0.25) is 5.02 Å². The van der Waals surface area contributed by atoms with Gasteiger partial charge < -0.3 is 4.42 Å². The van der Waals surface area contributed by atoms with Gasteiger partial charge in [-0.25, -0.2) is 4.39 Å². The number of fused-ring (bicyclic) bond motifs is 1. The number of carbonyl (C=O) groups is 2. The van der Waals surface area contributed by atoms with Crippen molar-refractivity contribution >= 4 is 51.6 Å². The minimum absolute atomic E-state index is 0.0898. The fourth-order valence-electron chi connectivity index (χ4n) is 2.79. The normalized spacial score (nSPS) is 15.8. The summed E-state index contributed by atoms with van der Waals surface area (Å²) in [5, 5.41) is 0.00796. The summed E-state index contributed by atoms with van der Waals surface area (Å²) in [6, 6.07) is 10.5. The number of nitrogens with zero attached hydrogens (tertiary/aromatic N) is 1. The van der Waals surface area contributed by atoms with Gasteiger partial charge >= 0.3 is 0 Å². The molecule has 8 heteroatoms. The number of rotatable bonds is 3. The van der Waals surface area contributed by atoms with Gasteiger partial charge in [0.2, 0.25) is 0 Å². The van der Waals surface area contributed by atoms with Crippen molar-refractivity contribution in [2.75, 3.05) is 0 Å². The van der Waals surface area contributed by atoms with Crippen molar-refractivity contribution in [1.82, 2.24) is 4.90 Å². The van der Waals surface area contributed by atoms with Gasteiger partial charge in [-0.3, -0.25) is 19.3 Å². The van der Waals surface area contributed by atoms with Gasteiger partial charge in [0.25, 0.3) is 11.1 Å². The molecule has 0 spiro atoms. The predicted molar refractivity (Wildman–Crippen MR) is 105 cm³/mol. The van der Waals surface area contributed by atoms with Crippen molar-refractivity contribution in [2.45, 2.75) is 6.54 Å². The summed E-state index contributed by atoms with van der Waals surface area (Å²) in [5.41, 5.74) is 0.750. The van der Waals surface area contributed by atoms with Crippen molar-refractivity contribution in [3.05, 3.63) is 85.8 Å².